The third-order valence-corrected chi connectivity index (χ3v) is 6.25. The Kier molecular flexibility index (Phi) is 4.79. The van der Waals surface area contributed by atoms with Gasteiger partial charge in [0, 0.05) is 35.7 Å². The van der Waals surface area contributed by atoms with Gasteiger partial charge in [-0.2, -0.15) is 11.8 Å². The maximum absolute atomic E-state index is 6.20. The first-order valence-corrected chi connectivity index (χ1v) is 8.33. The van der Waals surface area contributed by atoms with Crippen LogP contribution in [0.25, 0.3) is 0 Å². The van der Waals surface area contributed by atoms with Crippen molar-refractivity contribution in [3.05, 3.63) is 0 Å². The highest BCUT2D eigenvalue weighted by Crippen LogP contribution is 2.37. The average Bonchev–Trinajstić information content (AvgIpc) is 2.59. The maximum atomic E-state index is 6.20. The normalized spacial score (nSPS) is 35.5. The second-order valence-electron chi connectivity index (χ2n) is 5.85. The minimum absolute atomic E-state index is 0.325. The van der Waals surface area contributed by atoms with Gasteiger partial charge in [0.1, 0.15) is 0 Å². The number of nitrogens with two attached hydrogens (primary N) is 1. The molecule has 2 rings (SSSR count). The highest BCUT2D eigenvalue weighted by atomic mass is 32.2. The lowest BCUT2D eigenvalue weighted by atomic mass is 9.86. The minimum Gasteiger partial charge on any atom is -0.329 e. The Labute approximate surface area is 111 Å². The van der Waals surface area contributed by atoms with Crippen molar-refractivity contribution in [2.45, 2.75) is 69.2 Å². The van der Waals surface area contributed by atoms with Crippen LogP contribution in [-0.2, 0) is 0 Å². The lowest BCUT2D eigenvalue weighted by Crippen LogP contribution is -2.61. The second kappa shape index (κ2) is 5.94. The summed E-state index contributed by atoms with van der Waals surface area (Å²) in [5.74, 6) is 1.28. The van der Waals surface area contributed by atoms with Gasteiger partial charge in [0.25, 0.3) is 0 Å². The summed E-state index contributed by atoms with van der Waals surface area (Å²) in [4.78, 5) is 2.76. The van der Waals surface area contributed by atoms with E-state index in [0.29, 0.717) is 11.6 Å². The topological polar surface area (TPSA) is 29.3 Å². The largest absolute Gasteiger partial charge is 0.329 e. The van der Waals surface area contributed by atoms with E-state index >= 15 is 0 Å². The Morgan fingerprint density at radius 3 is 2.41 bits per heavy atom. The molecule has 2 nitrogen and oxygen atoms in total. The van der Waals surface area contributed by atoms with Gasteiger partial charge in [-0.05, 0) is 19.8 Å². The summed E-state index contributed by atoms with van der Waals surface area (Å²) < 4.78 is 0. The first-order chi connectivity index (χ1) is 8.19. The maximum Gasteiger partial charge on any atom is 0.0335 e. The van der Waals surface area contributed by atoms with E-state index in [1.54, 1.807) is 0 Å². The first-order valence-electron chi connectivity index (χ1n) is 7.28. The lowest BCUT2D eigenvalue weighted by Gasteiger charge is -2.50. The predicted octanol–water partition coefficient (Wildman–Crippen LogP) is 2.86. The van der Waals surface area contributed by atoms with Crippen molar-refractivity contribution in [3.8, 4) is 0 Å². The van der Waals surface area contributed by atoms with Gasteiger partial charge in [-0.1, -0.05) is 32.6 Å². The second-order valence-corrected chi connectivity index (χ2v) is 7.34. The van der Waals surface area contributed by atoms with Crippen LogP contribution in [0, 0.1) is 0 Å². The van der Waals surface area contributed by atoms with E-state index in [9.17, 15) is 0 Å². The highest BCUT2D eigenvalue weighted by molar-refractivity contribution is 8.00. The fourth-order valence-corrected chi connectivity index (χ4v) is 4.70. The summed E-state index contributed by atoms with van der Waals surface area (Å²) in [5, 5.41) is 0.760. The molecule has 0 spiro atoms. The molecule has 2 aliphatic rings. The molecule has 0 aromatic rings. The number of rotatable bonds is 2. The molecule has 1 saturated carbocycles. The van der Waals surface area contributed by atoms with Crippen LogP contribution in [0.4, 0.5) is 0 Å². The van der Waals surface area contributed by atoms with Crippen LogP contribution in [0.3, 0.4) is 0 Å². The zero-order valence-electron chi connectivity index (χ0n) is 11.5. The molecular formula is C14H28N2S. The van der Waals surface area contributed by atoms with Crippen LogP contribution in [0.2, 0.25) is 0 Å². The Morgan fingerprint density at radius 2 is 1.82 bits per heavy atom. The quantitative estimate of drug-likeness (QED) is 0.770. The van der Waals surface area contributed by atoms with Crippen molar-refractivity contribution >= 4 is 11.8 Å². The van der Waals surface area contributed by atoms with Gasteiger partial charge in [0.2, 0.25) is 0 Å². The minimum atomic E-state index is 0.325. The summed E-state index contributed by atoms with van der Waals surface area (Å²) in [6.45, 7) is 6.88. The number of hydrogen-bond acceptors (Lipinski definition) is 3. The molecule has 100 valence electrons. The van der Waals surface area contributed by atoms with Crippen LogP contribution < -0.4 is 5.73 Å². The molecule has 1 aliphatic carbocycles. The number of nitrogens with zero attached hydrogens (tertiary/aromatic N) is 1. The highest BCUT2D eigenvalue weighted by Gasteiger charge is 2.41. The molecule has 2 unspecified atom stereocenters. The molecule has 2 fully saturated rings. The van der Waals surface area contributed by atoms with Crippen LogP contribution in [-0.4, -0.2) is 40.6 Å². The lowest BCUT2D eigenvalue weighted by molar-refractivity contribution is 0.0442. The van der Waals surface area contributed by atoms with Gasteiger partial charge < -0.3 is 5.73 Å². The molecule has 2 atom stereocenters. The van der Waals surface area contributed by atoms with E-state index in [1.165, 1.54) is 50.8 Å². The molecule has 2 N–H and O–H groups in total. The molecule has 0 aromatic carbocycles. The first kappa shape index (κ1) is 13.7. The number of thioether (sulfide) groups is 1. The zero-order valence-corrected chi connectivity index (χ0v) is 12.3. The molecule has 1 saturated heterocycles. The van der Waals surface area contributed by atoms with E-state index in [2.05, 4.69) is 30.5 Å². The molecule has 0 amide bonds. The van der Waals surface area contributed by atoms with Gasteiger partial charge in [0.15, 0.2) is 0 Å². The summed E-state index contributed by atoms with van der Waals surface area (Å²) in [7, 11) is 0. The van der Waals surface area contributed by atoms with Crippen LogP contribution in [0.1, 0.15) is 52.4 Å². The molecule has 17 heavy (non-hydrogen) atoms. The van der Waals surface area contributed by atoms with Crippen LogP contribution in [0.15, 0.2) is 0 Å². The SMILES string of the molecule is CC1SCCN(C2(CN)CCCCCC2)C1C. The van der Waals surface area contributed by atoms with Crippen LogP contribution >= 0.6 is 11.8 Å². The molecular weight excluding hydrogens is 228 g/mol. The molecule has 0 aromatic heterocycles. The fraction of sp³-hybridized carbons (Fsp3) is 1.00. The average molecular weight is 256 g/mol. The van der Waals surface area contributed by atoms with Gasteiger partial charge >= 0.3 is 0 Å². The van der Waals surface area contributed by atoms with Crippen molar-refractivity contribution in [3.63, 3.8) is 0 Å². The van der Waals surface area contributed by atoms with Crippen LogP contribution in [0.5, 0.6) is 0 Å². The molecule has 0 bridgehead atoms. The van der Waals surface area contributed by atoms with E-state index in [1.807, 2.05) is 0 Å². The molecule has 1 aliphatic heterocycles. The van der Waals surface area contributed by atoms with E-state index in [4.69, 9.17) is 5.73 Å². The van der Waals surface area contributed by atoms with Crippen molar-refractivity contribution in [2.75, 3.05) is 18.8 Å². The third-order valence-electron chi connectivity index (χ3n) is 4.91. The Balaban J connectivity index is 2.14. The standard InChI is InChI=1S/C14H28N2S/c1-12-13(2)17-10-9-16(12)14(11-15)7-5-3-4-6-8-14/h12-13H,3-11,15H2,1-2H3. The predicted molar refractivity (Wildman–Crippen MR) is 77.6 cm³/mol. The van der Waals surface area contributed by atoms with Crippen molar-refractivity contribution in [1.82, 2.24) is 4.90 Å². The van der Waals surface area contributed by atoms with Crippen molar-refractivity contribution in [2.24, 2.45) is 5.73 Å². The molecule has 3 heteroatoms. The Hall–Kier alpha value is 0.270. The van der Waals surface area contributed by atoms with E-state index < -0.39 is 0 Å². The Morgan fingerprint density at radius 1 is 1.18 bits per heavy atom. The molecule has 0 radical (unpaired) electrons. The fourth-order valence-electron chi connectivity index (χ4n) is 3.60. The summed E-state index contributed by atoms with van der Waals surface area (Å²) in [5.41, 5.74) is 6.52. The summed E-state index contributed by atoms with van der Waals surface area (Å²) in [6.07, 6.45) is 8.23. The van der Waals surface area contributed by atoms with Gasteiger partial charge in [-0.15, -0.1) is 0 Å². The summed E-state index contributed by atoms with van der Waals surface area (Å²) >= 11 is 2.13. The third kappa shape index (κ3) is 2.82. The van der Waals surface area contributed by atoms with Gasteiger partial charge in [-0.3, -0.25) is 4.90 Å². The van der Waals surface area contributed by atoms with Crippen molar-refractivity contribution < 1.29 is 0 Å². The number of hydrogen-bond donors (Lipinski definition) is 1. The van der Waals surface area contributed by atoms with Gasteiger partial charge in [0.05, 0.1) is 0 Å². The van der Waals surface area contributed by atoms with E-state index in [-0.39, 0.29) is 0 Å². The molecule has 1 heterocycles. The Bertz CT molecular complexity index is 236. The smallest absolute Gasteiger partial charge is 0.0335 e. The monoisotopic (exact) mass is 256 g/mol. The van der Waals surface area contributed by atoms with Gasteiger partial charge in [-0.25, -0.2) is 0 Å². The summed E-state index contributed by atoms with van der Waals surface area (Å²) in [6, 6.07) is 0.690. The zero-order chi connectivity index (χ0) is 12.3. The van der Waals surface area contributed by atoms with Crippen molar-refractivity contribution in [1.29, 1.82) is 0 Å². The van der Waals surface area contributed by atoms with E-state index in [0.717, 1.165) is 11.8 Å².